The van der Waals surface area contributed by atoms with Crippen molar-refractivity contribution in [1.29, 1.82) is 0 Å². The van der Waals surface area contributed by atoms with E-state index in [1.165, 1.54) is 0 Å². The number of H-pyrrole nitrogens is 1. The van der Waals surface area contributed by atoms with Gasteiger partial charge in [-0.15, -0.1) is 0 Å². The summed E-state index contributed by atoms with van der Waals surface area (Å²) in [5.74, 6) is -0.647. The third kappa shape index (κ3) is 4.22. The summed E-state index contributed by atoms with van der Waals surface area (Å²) in [4.78, 5) is 44.4. The Labute approximate surface area is 187 Å². The van der Waals surface area contributed by atoms with Crippen molar-refractivity contribution in [3.63, 3.8) is 0 Å². The Kier molecular flexibility index (Phi) is 5.63. The normalized spacial score (nSPS) is 25.2. The van der Waals surface area contributed by atoms with Gasteiger partial charge in [0.05, 0.1) is 18.3 Å². The van der Waals surface area contributed by atoms with Crippen LogP contribution in [0.25, 0.3) is 11.2 Å². The molecule has 2 aromatic rings. The first-order chi connectivity index (χ1) is 15.7. The lowest BCUT2D eigenvalue weighted by atomic mass is 9.53. The van der Waals surface area contributed by atoms with Gasteiger partial charge >= 0.3 is 24.0 Å². The lowest BCUT2D eigenvalue weighted by molar-refractivity contribution is -0.156. The zero-order valence-electron chi connectivity index (χ0n) is 17.9. The predicted octanol–water partition coefficient (Wildman–Crippen LogP) is 3.47. The molecule has 0 aromatic carbocycles. The van der Waals surface area contributed by atoms with Crippen LogP contribution in [0.3, 0.4) is 0 Å². The highest BCUT2D eigenvalue weighted by Crippen LogP contribution is 2.57. The smallest absolute Gasteiger partial charge is 0.390 e. The maximum absolute atomic E-state index is 12.9. The van der Waals surface area contributed by atoms with Crippen LogP contribution in [0.4, 0.5) is 26.3 Å². The molecule has 3 aliphatic carbocycles. The Morgan fingerprint density at radius 2 is 1.41 bits per heavy atom. The molecule has 5 rings (SSSR count). The van der Waals surface area contributed by atoms with Gasteiger partial charge in [-0.3, -0.25) is 18.7 Å². The number of hydrogen-bond donors (Lipinski definition) is 2. The van der Waals surface area contributed by atoms with E-state index < -0.39 is 66.3 Å². The van der Waals surface area contributed by atoms with E-state index >= 15 is 0 Å². The molecule has 0 saturated heterocycles. The maximum atomic E-state index is 12.9. The van der Waals surface area contributed by atoms with Gasteiger partial charge in [0, 0.05) is 18.5 Å². The highest BCUT2D eigenvalue weighted by Gasteiger charge is 2.54. The topological polar surface area (TPSA) is 110 Å². The second-order valence-electron chi connectivity index (χ2n) is 9.27. The van der Waals surface area contributed by atoms with Crippen LogP contribution in [-0.4, -0.2) is 42.5 Å². The van der Waals surface area contributed by atoms with Gasteiger partial charge in [0.15, 0.2) is 5.65 Å². The number of carbonyl (C=O) groups is 1. The summed E-state index contributed by atoms with van der Waals surface area (Å²) in [6.45, 7) is -1.95. The van der Waals surface area contributed by atoms with Gasteiger partial charge in [-0.2, -0.15) is 26.3 Å². The first-order valence-electron chi connectivity index (χ1n) is 10.8. The molecule has 3 fully saturated rings. The highest BCUT2D eigenvalue weighted by molar-refractivity contribution is 5.75. The highest BCUT2D eigenvalue weighted by atomic mass is 19.4. The molecule has 0 spiro atoms. The molecule has 0 atom stereocenters. The monoisotopic (exact) mass is 496 g/mol. The van der Waals surface area contributed by atoms with E-state index in [2.05, 4.69) is 9.97 Å². The number of halogens is 6. The fourth-order valence-corrected chi connectivity index (χ4v) is 5.16. The Hall–Kier alpha value is -2.80. The minimum atomic E-state index is -4.68. The van der Waals surface area contributed by atoms with Crippen molar-refractivity contribution in [2.24, 2.45) is 5.41 Å². The fourth-order valence-electron chi connectivity index (χ4n) is 5.16. The Bertz CT molecular complexity index is 1210. The third-order valence-electron chi connectivity index (χ3n) is 7.30. The largest absolute Gasteiger partial charge is 0.481 e. The van der Waals surface area contributed by atoms with Crippen molar-refractivity contribution < 1.29 is 36.2 Å². The molecule has 0 unspecified atom stereocenters. The summed E-state index contributed by atoms with van der Waals surface area (Å²) < 4.78 is 77.6. The van der Waals surface area contributed by atoms with Gasteiger partial charge in [0.2, 0.25) is 0 Å². The maximum Gasteiger partial charge on any atom is 0.390 e. The van der Waals surface area contributed by atoms with E-state index in [4.69, 9.17) is 0 Å². The van der Waals surface area contributed by atoms with E-state index in [9.17, 15) is 45.8 Å². The molecule has 2 bridgehead atoms. The molecule has 34 heavy (non-hydrogen) atoms. The van der Waals surface area contributed by atoms with E-state index in [-0.39, 0.29) is 21.6 Å². The van der Waals surface area contributed by atoms with Crippen LogP contribution < -0.4 is 11.2 Å². The van der Waals surface area contributed by atoms with Crippen molar-refractivity contribution in [3.8, 4) is 0 Å². The number of fused-ring (bicyclic) bond motifs is 4. The summed E-state index contributed by atoms with van der Waals surface area (Å²) in [5.41, 5.74) is -4.55. The van der Waals surface area contributed by atoms with E-state index in [1.807, 2.05) is 0 Å². The molecule has 14 heteroatoms. The van der Waals surface area contributed by atoms with Crippen molar-refractivity contribution >= 4 is 17.1 Å². The van der Waals surface area contributed by atoms with Gasteiger partial charge in [-0.05, 0) is 38.5 Å². The number of carboxylic acids is 1. The molecular weight excluding hydrogens is 474 g/mol. The SMILES string of the molecule is O=C(O)C12CCC(c3nc4c([nH]3)c(=O)n(CCC(F)(F)F)c(=O)n4CCC(F)(F)F)(CC1)CC2. The molecule has 8 nitrogen and oxygen atoms in total. The Morgan fingerprint density at radius 1 is 0.912 bits per heavy atom. The van der Waals surface area contributed by atoms with E-state index in [0.717, 1.165) is 0 Å². The standard InChI is InChI=1S/C20H22F6N4O4/c21-19(22,23)7-9-29-12-11(13(31)30(16(29)34)10-8-20(24,25)26)27-14(28-12)17-1-4-18(5-2-17,6-3-17)15(32)33/h1-10H2,(H,27,28)(H,32,33). The number of hydrogen-bond acceptors (Lipinski definition) is 4. The van der Waals surface area contributed by atoms with Crippen molar-refractivity contribution in [1.82, 2.24) is 19.1 Å². The predicted molar refractivity (Wildman–Crippen MR) is 105 cm³/mol. The molecular formula is C20H22F6N4O4. The number of nitrogens with one attached hydrogen (secondary N) is 1. The molecule has 3 aliphatic rings. The summed E-state index contributed by atoms with van der Waals surface area (Å²) in [7, 11) is 0. The third-order valence-corrected chi connectivity index (χ3v) is 7.30. The zero-order chi connectivity index (χ0) is 25.1. The van der Waals surface area contributed by atoms with Crippen LogP contribution in [0.15, 0.2) is 9.59 Å². The van der Waals surface area contributed by atoms with Crippen LogP contribution in [0.1, 0.15) is 57.2 Å². The van der Waals surface area contributed by atoms with Gasteiger partial charge < -0.3 is 10.1 Å². The average Bonchev–Trinajstić information content (AvgIpc) is 3.19. The van der Waals surface area contributed by atoms with Crippen molar-refractivity contribution in [2.45, 2.75) is 82.2 Å². The number of aliphatic carboxylic acids is 1. The van der Waals surface area contributed by atoms with Crippen molar-refractivity contribution in [2.75, 3.05) is 0 Å². The van der Waals surface area contributed by atoms with Crippen molar-refractivity contribution in [3.05, 3.63) is 26.7 Å². The molecule has 2 N–H and O–H groups in total. The number of aromatic amines is 1. The van der Waals surface area contributed by atoms with Gasteiger partial charge in [0.1, 0.15) is 11.3 Å². The minimum absolute atomic E-state index is 0.243. The van der Waals surface area contributed by atoms with Gasteiger partial charge in [-0.25, -0.2) is 9.78 Å². The van der Waals surface area contributed by atoms with E-state index in [1.54, 1.807) is 0 Å². The van der Waals surface area contributed by atoms with Crippen LogP contribution in [-0.2, 0) is 23.3 Å². The molecule has 0 amide bonds. The Balaban J connectivity index is 1.80. The summed E-state index contributed by atoms with van der Waals surface area (Å²) in [6, 6.07) is 0. The quantitative estimate of drug-likeness (QED) is 0.596. The zero-order valence-corrected chi connectivity index (χ0v) is 17.9. The summed E-state index contributed by atoms with van der Waals surface area (Å²) in [5, 5.41) is 9.57. The van der Waals surface area contributed by atoms with Gasteiger partial charge in [-0.1, -0.05) is 0 Å². The number of nitrogens with zero attached hydrogens (tertiary/aromatic N) is 3. The van der Waals surface area contributed by atoms with E-state index in [0.29, 0.717) is 43.1 Å². The number of rotatable bonds is 6. The molecule has 0 aliphatic heterocycles. The fraction of sp³-hybridized carbons (Fsp3) is 0.700. The molecule has 3 saturated carbocycles. The summed E-state index contributed by atoms with van der Waals surface area (Å²) in [6.07, 6.45) is -9.97. The average molecular weight is 496 g/mol. The first-order valence-corrected chi connectivity index (χ1v) is 10.8. The molecule has 2 heterocycles. The van der Waals surface area contributed by atoms with Crippen LogP contribution >= 0.6 is 0 Å². The molecule has 2 aromatic heterocycles. The molecule has 0 radical (unpaired) electrons. The van der Waals surface area contributed by atoms with Crippen LogP contribution in [0.2, 0.25) is 0 Å². The Morgan fingerprint density at radius 3 is 1.88 bits per heavy atom. The minimum Gasteiger partial charge on any atom is -0.481 e. The second kappa shape index (κ2) is 7.87. The second-order valence-corrected chi connectivity index (χ2v) is 9.27. The van der Waals surface area contributed by atoms with Gasteiger partial charge in [0.25, 0.3) is 5.56 Å². The van der Waals surface area contributed by atoms with Crippen LogP contribution in [0, 0.1) is 5.41 Å². The molecule has 188 valence electrons. The number of aromatic nitrogens is 4. The first kappa shape index (κ1) is 24.3. The van der Waals surface area contributed by atoms with Crippen LogP contribution in [0.5, 0.6) is 0 Å². The summed E-state index contributed by atoms with van der Waals surface area (Å²) >= 11 is 0. The number of aryl methyl sites for hydroxylation is 1. The lowest BCUT2D eigenvalue weighted by Gasteiger charge is -2.50. The number of alkyl halides is 6. The number of carboxylic acid groups (broad SMARTS) is 1. The lowest BCUT2D eigenvalue weighted by Crippen LogP contribution is -2.48. The number of imidazole rings is 1.